The van der Waals surface area contributed by atoms with E-state index in [2.05, 4.69) is 0 Å². The van der Waals surface area contributed by atoms with Gasteiger partial charge in [-0.05, 0) is 29.8 Å². The summed E-state index contributed by atoms with van der Waals surface area (Å²) in [7, 11) is 0.0128. The molecule has 0 heterocycles. The maximum absolute atomic E-state index is 13.1. The fraction of sp³-hybridized carbons (Fsp3) is 0.143. The van der Waals surface area contributed by atoms with Gasteiger partial charge in [0.2, 0.25) is 0 Å². The number of methoxy groups -OCH3 is 1. The second-order valence-corrected chi connectivity index (χ2v) is 5.57. The van der Waals surface area contributed by atoms with Crippen molar-refractivity contribution in [2.45, 2.75) is 10.6 Å². The van der Waals surface area contributed by atoms with Crippen LogP contribution in [0, 0.1) is 11.6 Å². The SMILES string of the molecule is COc1cc(N)ccc1S(=O)Cc1ccc(F)c(F)c1. The summed E-state index contributed by atoms with van der Waals surface area (Å²) in [5.74, 6) is -1.41. The van der Waals surface area contributed by atoms with E-state index in [1.807, 2.05) is 0 Å². The second kappa shape index (κ2) is 6.00. The molecule has 2 aromatic carbocycles. The monoisotopic (exact) mass is 297 g/mol. The van der Waals surface area contributed by atoms with E-state index in [1.165, 1.54) is 13.2 Å². The molecule has 0 spiro atoms. The van der Waals surface area contributed by atoms with Crippen molar-refractivity contribution >= 4 is 16.5 Å². The molecule has 0 aliphatic carbocycles. The molecule has 0 amide bonds. The Morgan fingerprint density at radius 3 is 2.55 bits per heavy atom. The summed E-state index contributed by atoms with van der Waals surface area (Å²) in [6, 6.07) is 8.24. The first-order valence-corrected chi connectivity index (χ1v) is 7.09. The maximum Gasteiger partial charge on any atom is 0.159 e. The van der Waals surface area contributed by atoms with E-state index in [4.69, 9.17) is 10.5 Å². The van der Waals surface area contributed by atoms with Gasteiger partial charge in [-0.3, -0.25) is 4.21 Å². The molecule has 6 heteroatoms. The number of benzene rings is 2. The third-order valence-electron chi connectivity index (χ3n) is 2.71. The number of halogens is 2. The Kier molecular flexibility index (Phi) is 4.34. The Bertz CT molecular complexity index is 662. The van der Waals surface area contributed by atoms with Gasteiger partial charge in [0.15, 0.2) is 11.6 Å². The van der Waals surface area contributed by atoms with Crippen LogP contribution < -0.4 is 10.5 Å². The molecular formula is C14H13F2NO2S. The number of hydrogen-bond donors (Lipinski definition) is 1. The minimum atomic E-state index is -1.44. The molecule has 0 aliphatic heterocycles. The number of anilines is 1. The molecule has 106 valence electrons. The summed E-state index contributed by atoms with van der Waals surface area (Å²) in [6.07, 6.45) is 0. The lowest BCUT2D eigenvalue weighted by atomic mass is 10.2. The lowest BCUT2D eigenvalue weighted by molar-refractivity contribution is 0.404. The molecule has 0 bridgehead atoms. The first-order valence-electron chi connectivity index (χ1n) is 5.77. The number of hydrogen-bond acceptors (Lipinski definition) is 3. The standard InChI is InChI=1S/C14H13F2NO2S/c1-19-13-7-10(17)3-5-14(13)20(18)8-9-2-4-11(15)12(16)6-9/h2-7H,8,17H2,1H3. The van der Waals surface area contributed by atoms with E-state index < -0.39 is 22.4 Å². The summed E-state index contributed by atoms with van der Waals surface area (Å²) in [5.41, 5.74) is 6.56. The summed E-state index contributed by atoms with van der Waals surface area (Å²) in [5, 5.41) is 0. The highest BCUT2D eigenvalue weighted by Gasteiger charge is 2.13. The van der Waals surface area contributed by atoms with Gasteiger partial charge < -0.3 is 10.5 Å². The van der Waals surface area contributed by atoms with Crippen molar-refractivity contribution < 1.29 is 17.7 Å². The Balaban J connectivity index is 2.25. The van der Waals surface area contributed by atoms with Crippen molar-refractivity contribution in [3.63, 3.8) is 0 Å². The van der Waals surface area contributed by atoms with E-state index in [1.54, 1.807) is 18.2 Å². The summed E-state index contributed by atoms with van der Waals surface area (Å²) in [6.45, 7) is 0. The Morgan fingerprint density at radius 1 is 1.15 bits per heavy atom. The molecular weight excluding hydrogens is 284 g/mol. The smallest absolute Gasteiger partial charge is 0.159 e. The van der Waals surface area contributed by atoms with Gasteiger partial charge >= 0.3 is 0 Å². The van der Waals surface area contributed by atoms with Crippen LogP contribution in [0.25, 0.3) is 0 Å². The lowest BCUT2D eigenvalue weighted by Gasteiger charge is -2.09. The third kappa shape index (κ3) is 3.14. The van der Waals surface area contributed by atoms with Crippen molar-refractivity contribution in [2.75, 3.05) is 12.8 Å². The topological polar surface area (TPSA) is 52.3 Å². The molecule has 0 aliphatic rings. The largest absolute Gasteiger partial charge is 0.495 e. The van der Waals surface area contributed by atoms with Crippen LogP contribution in [0.3, 0.4) is 0 Å². The van der Waals surface area contributed by atoms with E-state index >= 15 is 0 Å². The number of nitrogen functional groups attached to an aromatic ring is 1. The van der Waals surface area contributed by atoms with Crippen LogP contribution in [-0.2, 0) is 16.6 Å². The van der Waals surface area contributed by atoms with Gasteiger partial charge in [-0.1, -0.05) is 6.07 Å². The van der Waals surface area contributed by atoms with E-state index in [0.29, 0.717) is 21.9 Å². The number of rotatable bonds is 4. The average Bonchev–Trinajstić information content (AvgIpc) is 2.42. The highest BCUT2D eigenvalue weighted by Crippen LogP contribution is 2.26. The molecule has 1 atom stereocenters. The Labute approximate surface area is 117 Å². The van der Waals surface area contributed by atoms with Crippen LogP contribution in [0.15, 0.2) is 41.3 Å². The molecule has 2 rings (SSSR count). The lowest BCUT2D eigenvalue weighted by Crippen LogP contribution is -2.01. The van der Waals surface area contributed by atoms with Crippen molar-refractivity contribution in [1.82, 2.24) is 0 Å². The van der Waals surface area contributed by atoms with Crippen LogP contribution in [0.1, 0.15) is 5.56 Å². The molecule has 2 N–H and O–H groups in total. The maximum atomic E-state index is 13.1. The Morgan fingerprint density at radius 2 is 1.90 bits per heavy atom. The van der Waals surface area contributed by atoms with Crippen molar-refractivity contribution in [2.24, 2.45) is 0 Å². The van der Waals surface area contributed by atoms with Crippen molar-refractivity contribution in [1.29, 1.82) is 0 Å². The number of nitrogens with two attached hydrogens (primary N) is 1. The van der Waals surface area contributed by atoms with Gasteiger partial charge in [-0.2, -0.15) is 0 Å². The predicted octanol–water partition coefficient (Wildman–Crippen LogP) is 2.86. The van der Waals surface area contributed by atoms with Crippen LogP contribution >= 0.6 is 0 Å². The van der Waals surface area contributed by atoms with Gasteiger partial charge in [0.05, 0.1) is 28.6 Å². The van der Waals surface area contributed by atoms with E-state index in [0.717, 1.165) is 12.1 Å². The normalized spacial score (nSPS) is 12.2. The highest BCUT2D eigenvalue weighted by molar-refractivity contribution is 7.84. The van der Waals surface area contributed by atoms with E-state index in [-0.39, 0.29) is 5.75 Å². The molecule has 0 fully saturated rings. The molecule has 1 unspecified atom stereocenters. The fourth-order valence-electron chi connectivity index (χ4n) is 1.73. The molecule has 0 saturated carbocycles. The predicted molar refractivity (Wildman–Crippen MR) is 73.9 cm³/mol. The Hall–Kier alpha value is -1.95. The molecule has 3 nitrogen and oxygen atoms in total. The van der Waals surface area contributed by atoms with Gasteiger partial charge in [-0.15, -0.1) is 0 Å². The second-order valence-electron chi connectivity index (χ2n) is 4.15. The van der Waals surface area contributed by atoms with Gasteiger partial charge in [-0.25, -0.2) is 8.78 Å². The summed E-state index contributed by atoms with van der Waals surface area (Å²) in [4.78, 5) is 0.464. The molecule has 2 aromatic rings. The average molecular weight is 297 g/mol. The zero-order chi connectivity index (χ0) is 14.7. The van der Waals surface area contributed by atoms with Crippen LogP contribution in [-0.4, -0.2) is 11.3 Å². The molecule has 0 aromatic heterocycles. The summed E-state index contributed by atoms with van der Waals surface area (Å²) < 4.78 is 43.3. The van der Waals surface area contributed by atoms with Crippen LogP contribution in [0.5, 0.6) is 5.75 Å². The highest BCUT2D eigenvalue weighted by atomic mass is 32.2. The van der Waals surface area contributed by atoms with Gasteiger partial charge in [0.25, 0.3) is 0 Å². The molecule has 0 radical (unpaired) electrons. The van der Waals surface area contributed by atoms with Gasteiger partial charge in [0, 0.05) is 11.8 Å². The summed E-state index contributed by atoms with van der Waals surface area (Å²) >= 11 is 0. The quantitative estimate of drug-likeness (QED) is 0.883. The minimum Gasteiger partial charge on any atom is -0.495 e. The van der Waals surface area contributed by atoms with Crippen LogP contribution in [0.2, 0.25) is 0 Å². The first-order chi connectivity index (χ1) is 9.51. The van der Waals surface area contributed by atoms with E-state index in [9.17, 15) is 13.0 Å². The minimum absolute atomic E-state index is 0.0669. The third-order valence-corrected chi connectivity index (χ3v) is 4.14. The fourth-order valence-corrected chi connectivity index (χ4v) is 2.96. The zero-order valence-electron chi connectivity index (χ0n) is 10.7. The van der Waals surface area contributed by atoms with Crippen molar-refractivity contribution in [3.05, 3.63) is 53.6 Å². The number of ether oxygens (including phenoxy) is 1. The zero-order valence-corrected chi connectivity index (χ0v) is 11.5. The molecule has 20 heavy (non-hydrogen) atoms. The van der Waals surface area contributed by atoms with Crippen LogP contribution in [0.4, 0.5) is 14.5 Å². The molecule has 0 saturated heterocycles. The van der Waals surface area contributed by atoms with Crippen molar-refractivity contribution in [3.8, 4) is 5.75 Å². The first kappa shape index (κ1) is 14.5. The van der Waals surface area contributed by atoms with Gasteiger partial charge in [0.1, 0.15) is 5.75 Å².